The molecule has 0 radical (unpaired) electrons. The van der Waals surface area contributed by atoms with Gasteiger partial charge in [-0.05, 0) is 19.1 Å². The predicted octanol–water partition coefficient (Wildman–Crippen LogP) is 0.905. The molecule has 0 aliphatic heterocycles. The Kier molecular flexibility index (Phi) is 3.60. The first-order valence-electron chi connectivity index (χ1n) is 4.88. The van der Waals surface area contributed by atoms with Gasteiger partial charge in [-0.2, -0.15) is 4.98 Å². The van der Waals surface area contributed by atoms with E-state index in [1.54, 1.807) is 6.92 Å². The van der Waals surface area contributed by atoms with Crippen LogP contribution in [-0.4, -0.2) is 23.5 Å². The first kappa shape index (κ1) is 12.9. The van der Waals surface area contributed by atoms with E-state index in [1.807, 2.05) is 0 Å². The fourth-order valence-corrected chi connectivity index (χ4v) is 2.20. The van der Waals surface area contributed by atoms with Gasteiger partial charge in [-0.25, -0.2) is 18.1 Å². The molecule has 0 atom stereocenters. The maximum absolute atomic E-state index is 11.8. The lowest BCUT2D eigenvalue weighted by Gasteiger charge is -2.03. The van der Waals surface area contributed by atoms with Crippen molar-refractivity contribution < 1.29 is 12.9 Å². The van der Waals surface area contributed by atoms with Crippen molar-refractivity contribution in [2.75, 3.05) is 0 Å². The number of hydrogen-bond acceptors (Lipinski definition) is 6. The fraction of sp³-hybridized carbons (Fsp3) is 0.222. The van der Waals surface area contributed by atoms with Crippen LogP contribution in [0.3, 0.4) is 0 Å². The van der Waals surface area contributed by atoms with E-state index < -0.39 is 10.0 Å². The summed E-state index contributed by atoms with van der Waals surface area (Å²) >= 11 is 5.58. The number of rotatable bonds is 4. The summed E-state index contributed by atoms with van der Waals surface area (Å²) in [6, 6.07) is 2.75. The van der Waals surface area contributed by atoms with Crippen LogP contribution in [0.4, 0.5) is 0 Å². The highest BCUT2D eigenvalue weighted by atomic mass is 35.5. The van der Waals surface area contributed by atoms with Crippen molar-refractivity contribution in [2.24, 2.45) is 0 Å². The Morgan fingerprint density at radius 2 is 2.22 bits per heavy atom. The summed E-state index contributed by atoms with van der Waals surface area (Å²) in [5.41, 5.74) is 0. The minimum Gasteiger partial charge on any atom is -0.338 e. The molecule has 1 N–H and O–H groups in total. The highest BCUT2D eigenvalue weighted by Crippen LogP contribution is 2.11. The van der Waals surface area contributed by atoms with Gasteiger partial charge in [0.05, 0.1) is 6.54 Å². The Morgan fingerprint density at radius 1 is 1.44 bits per heavy atom. The molecule has 2 rings (SSSR count). The van der Waals surface area contributed by atoms with Crippen LogP contribution < -0.4 is 4.72 Å². The number of pyridine rings is 1. The van der Waals surface area contributed by atoms with Crippen molar-refractivity contribution in [2.45, 2.75) is 18.4 Å². The van der Waals surface area contributed by atoms with Crippen LogP contribution in [0.25, 0.3) is 0 Å². The summed E-state index contributed by atoms with van der Waals surface area (Å²) in [5, 5.41) is 3.77. The van der Waals surface area contributed by atoms with Crippen LogP contribution in [0.5, 0.6) is 0 Å². The fourth-order valence-electron chi connectivity index (χ4n) is 1.17. The van der Waals surface area contributed by atoms with Gasteiger partial charge in [0, 0.05) is 6.20 Å². The zero-order chi connectivity index (χ0) is 13.2. The van der Waals surface area contributed by atoms with Gasteiger partial charge in [0.25, 0.3) is 0 Å². The van der Waals surface area contributed by atoms with Gasteiger partial charge in [-0.1, -0.05) is 16.8 Å². The Labute approximate surface area is 108 Å². The molecular weight excluding hydrogens is 280 g/mol. The maximum atomic E-state index is 11.8. The predicted molar refractivity (Wildman–Crippen MR) is 62.3 cm³/mol. The van der Waals surface area contributed by atoms with Crippen molar-refractivity contribution in [3.05, 3.63) is 35.2 Å². The monoisotopic (exact) mass is 288 g/mol. The number of aryl methyl sites for hydroxylation is 1. The molecule has 2 heterocycles. The van der Waals surface area contributed by atoms with E-state index in [0.29, 0.717) is 5.82 Å². The second-order valence-electron chi connectivity index (χ2n) is 3.38. The molecular formula is C9H9ClN4O3S. The first-order chi connectivity index (χ1) is 8.47. The molecule has 0 aliphatic carbocycles. The number of sulfonamides is 1. The number of nitrogens with zero attached hydrogens (tertiary/aromatic N) is 3. The standard InChI is InChI=1S/C9H9ClN4O3S/c1-6-13-9(17-14-6)5-12-18(15,16)7-2-3-8(10)11-4-7/h2-4,12H,5H2,1H3. The zero-order valence-electron chi connectivity index (χ0n) is 9.29. The highest BCUT2D eigenvalue weighted by Gasteiger charge is 2.15. The second-order valence-corrected chi connectivity index (χ2v) is 5.53. The molecule has 2 aromatic rings. The summed E-state index contributed by atoms with van der Waals surface area (Å²) < 4.78 is 30.8. The van der Waals surface area contributed by atoms with Crippen molar-refractivity contribution in [3.63, 3.8) is 0 Å². The average molecular weight is 289 g/mol. The molecule has 0 saturated heterocycles. The van der Waals surface area contributed by atoms with Crippen LogP contribution in [-0.2, 0) is 16.6 Å². The van der Waals surface area contributed by atoms with Crippen LogP contribution in [0.1, 0.15) is 11.7 Å². The molecule has 7 nitrogen and oxygen atoms in total. The number of nitrogens with one attached hydrogen (secondary N) is 1. The quantitative estimate of drug-likeness (QED) is 0.840. The smallest absolute Gasteiger partial charge is 0.242 e. The van der Waals surface area contributed by atoms with Crippen molar-refractivity contribution >= 4 is 21.6 Å². The van der Waals surface area contributed by atoms with Gasteiger partial charge in [0.1, 0.15) is 10.0 Å². The van der Waals surface area contributed by atoms with E-state index in [-0.39, 0.29) is 22.5 Å². The molecule has 2 aromatic heterocycles. The van der Waals surface area contributed by atoms with Crippen LogP contribution >= 0.6 is 11.6 Å². The van der Waals surface area contributed by atoms with E-state index >= 15 is 0 Å². The summed E-state index contributed by atoms with van der Waals surface area (Å²) in [7, 11) is -3.66. The SMILES string of the molecule is Cc1noc(CNS(=O)(=O)c2ccc(Cl)nc2)n1. The van der Waals surface area contributed by atoms with Gasteiger partial charge in [0.2, 0.25) is 15.9 Å². The van der Waals surface area contributed by atoms with Gasteiger partial charge in [0.15, 0.2) is 5.82 Å². The summed E-state index contributed by atoms with van der Waals surface area (Å²) in [4.78, 5) is 7.60. The van der Waals surface area contributed by atoms with Crippen LogP contribution in [0.15, 0.2) is 27.7 Å². The third kappa shape index (κ3) is 3.03. The topological polar surface area (TPSA) is 98.0 Å². The van der Waals surface area contributed by atoms with Gasteiger partial charge in [-0.15, -0.1) is 0 Å². The summed E-state index contributed by atoms with van der Waals surface area (Å²) in [5.74, 6) is 0.635. The molecule has 0 spiro atoms. The maximum Gasteiger partial charge on any atom is 0.242 e. The minimum absolute atomic E-state index is 0.0168. The van der Waals surface area contributed by atoms with E-state index in [2.05, 4.69) is 19.8 Å². The third-order valence-electron chi connectivity index (χ3n) is 1.99. The Balaban J connectivity index is 2.10. The molecule has 0 aliphatic rings. The van der Waals surface area contributed by atoms with Gasteiger partial charge < -0.3 is 4.52 Å². The molecule has 0 bridgehead atoms. The number of halogens is 1. The van der Waals surface area contributed by atoms with Gasteiger partial charge in [-0.3, -0.25) is 0 Å². The van der Waals surface area contributed by atoms with Crippen LogP contribution in [0.2, 0.25) is 5.15 Å². The molecule has 0 unspecified atom stereocenters. The van der Waals surface area contributed by atoms with Crippen molar-refractivity contribution in [1.82, 2.24) is 19.8 Å². The molecule has 18 heavy (non-hydrogen) atoms. The lowest BCUT2D eigenvalue weighted by Crippen LogP contribution is -2.23. The molecule has 0 fully saturated rings. The number of aromatic nitrogens is 3. The van der Waals surface area contributed by atoms with E-state index in [0.717, 1.165) is 0 Å². The Bertz CT molecular complexity index is 638. The molecule has 0 saturated carbocycles. The summed E-state index contributed by atoms with van der Waals surface area (Å²) in [6.45, 7) is 1.57. The normalized spacial score (nSPS) is 11.7. The van der Waals surface area contributed by atoms with Crippen molar-refractivity contribution in [3.8, 4) is 0 Å². The molecule has 9 heteroatoms. The van der Waals surface area contributed by atoms with Crippen LogP contribution in [0, 0.1) is 6.92 Å². The molecule has 0 aromatic carbocycles. The largest absolute Gasteiger partial charge is 0.338 e. The lowest BCUT2D eigenvalue weighted by molar-refractivity contribution is 0.372. The molecule has 0 amide bonds. The first-order valence-corrected chi connectivity index (χ1v) is 6.74. The average Bonchev–Trinajstić information content (AvgIpc) is 2.73. The molecule has 96 valence electrons. The third-order valence-corrected chi connectivity index (χ3v) is 3.60. The number of hydrogen-bond donors (Lipinski definition) is 1. The zero-order valence-corrected chi connectivity index (χ0v) is 10.9. The Morgan fingerprint density at radius 3 is 2.78 bits per heavy atom. The Hall–Kier alpha value is -1.51. The van der Waals surface area contributed by atoms with E-state index in [1.165, 1.54) is 18.3 Å². The highest BCUT2D eigenvalue weighted by molar-refractivity contribution is 7.89. The van der Waals surface area contributed by atoms with Crippen molar-refractivity contribution in [1.29, 1.82) is 0 Å². The van der Waals surface area contributed by atoms with Gasteiger partial charge >= 0.3 is 0 Å². The van der Waals surface area contributed by atoms with E-state index in [9.17, 15) is 8.42 Å². The second kappa shape index (κ2) is 5.01. The summed E-state index contributed by atoms with van der Waals surface area (Å²) in [6.07, 6.45) is 1.17. The lowest BCUT2D eigenvalue weighted by atomic mass is 10.5. The minimum atomic E-state index is -3.66. The van der Waals surface area contributed by atoms with E-state index in [4.69, 9.17) is 16.1 Å².